The first-order valence-corrected chi connectivity index (χ1v) is 9.13. The Kier molecular flexibility index (Phi) is 5.43. The van der Waals surface area contributed by atoms with Crippen LogP contribution in [-0.2, 0) is 9.47 Å². The topological polar surface area (TPSA) is 80.3 Å². The van der Waals surface area contributed by atoms with Crippen molar-refractivity contribution in [3.8, 4) is 17.2 Å². The summed E-state index contributed by atoms with van der Waals surface area (Å²) in [5.74, 6) is 0.873. The number of carbonyl (C=O) groups is 2. The quantitative estimate of drug-likeness (QED) is 0.536. The minimum atomic E-state index is -0.570. The maximum Gasteiger partial charge on any atom is 0.338 e. The number of fused-ring (bicyclic) bond motifs is 1. The van der Waals surface area contributed by atoms with E-state index in [0.717, 1.165) is 19.4 Å². The van der Waals surface area contributed by atoms with Crippen LogP contribution < -0.4 is 14.2 Å². The van der Waals surface area contributed by atoms with E-state index >= 15 is 0 Å². The van der Waals surface area contributed by atoms with Crippen LogP contribution in [0.4, 0.5) is 0 Å². The van der Waals surface area contributed by atoms with E-state index in [2.05, 4.69) is 0 Å². The molecule has 2 heterocycles. The van der Waals surface area contributed by atoms with Gasteiger partial charge in [0.1, 0.15) is 12.4 Å². The van der Waals surface area contributed by atoms with Gasteiger partial charge in [-0.25, -0.2) is 4.79 Å². The molecule has 2 aliphatic rings. The van der Waals surface area contributed by atoms with Crippen LogP contribution in [0, 0.1) is 0 Å². The molecular weight excluding hydrogens is 364 g/mol. The van der Waals surface area contributed by atoms with Gasteiger partial charge in [-0.3, -0.25) is 4.79 Å². The van der Waals surface area contributed by atoms with E-state index in [-0.39, 0.29) is 25.3 Å². The molecule has 2 aromatic carbocycles. The lowest BCUT2D eigenvalue weighted by Crippen LogP contribution is -2.16. The van der Waals surface area contributed by atoms with Crippen molar-refractivity contribution < 1.29 is 33.3 Å². The van der Waals surface area contributed by atoms with Crippen molar-refractivity contribution in [3.63, 3.8) is 0 Å². The predicted octanol–water partition coefficient (Wildman–Crippen LogP) is 3.01. The highest BCUT2D eigenvalue weighted by atomic mass is 16.7. The molecule has 0 aromatic heterocycles. The Bertz CT molecular complexity index is 854. The number of ketones is 1. The molecule has 1 saturated heterocycles. The van der Waals surface area contributed by atoms with Crippen molar-refractivity contribution >= 4 is 11.8 Å². The molecule has 0 saturated carbocycles. The van der Waals surface area contributed by atoms with Crippen molar-refractivity contribution in [2.75, 3.05) is 26.6 Å². The molecule has 4 rings (SSSR count). The van der Waals surface area contributed by atoms with Gasteiger partial charge >= 0.3 is 5.97 Å². The second-order valence-electron chi connectivity index (χ2n) is 6.54. The molecule has 7 nitrogen and oxygen atoms in total. The van der Waals surface area contributed by atoms with Gasteiger partial charge in [0, 0.05) is 12.2 Å². The first-order valence-electron chi connectivity index (χ1n) is 9.13. The molecule has 0 radical (unpaired) electrons. The van der Waals surface area contributed by atoms with Gasteiger partial charge < -0.3 is 23.7 Å². The molecule has 1 atom stereocenters. The maximum absolute atomic E-state index is 12.2. The van der Waals surface area contributed by atoms with Crippen molar-refractivity contribution in [1.29, 1.82) is 0 Å². The van der Waals surface area contributed by atoms with Crippen molar-refractivity contribution in [2.45, 2.75) is 18.9 Å². The molecule has 7 heteroatoms. The minimum Gasteiger partial charge on any atom is -0.491 e. The van der Waals surface area contributed by atoms with Gasteiger partial charge in [0.05, 0.1) is 11.7 Å². The number of ether oxygens (including phenoxy) is 5. The molecular formula is C21H20O7. The summed E-state index contributed by atoms with van der Waals surface area (Å²) in [6.45, 7) is 1.06. The van der Waals surface area contributed by atoms with Crippen LogP contribution in [0.15, 0.2) is 42.5 Å². The van der Waals surface area contributed by atoms with Gasteiger partial charge in [-0.05, 0) is 55.3 Å². The van der Waals surface area contributed by atoms with Gasteiger partial charge in [0.2, 0.25) is 6.79 Å². The molecule has 2 aliphatic heterocycles. The third kappa shape index (κ3) is 4.26. The van der Waals surface area contributed by atoms with E-state index in [9.17, 15) is 9.59 Å². The summed E-state index contributed by atoms with van der Waals surface area (Å²) in [6, 6.07) is 11.5. The first kappa shape index (κ1) is 18.3. The van der Waals surface area contributed by atoms with Gasteiger partial charge in [-0.2, -0.15) is 0 Å². The molecule has 28 heavy (non-hydrogen) atoms. The van der Waals surface area contributed by atoms with Crippen LogP contribution in [0.5, 0.6) is 17.2 Å². The Morgan fingerprint density at radius 3 is 2.57 bits per heavy atom. The van der Waals surface area contributed by atoms with Crippen LogP contribution in [0.25, 0.3) is 0 Å². The summed E-state index contributed by atoms with van der Waals surface area (Å²) >= 11 is 0. The minimum absolute atomic E-state index is 0.131. The zero-order valence-corrected chi connectivity index (χ0v) is 15.2. The fourth-order valence-corrected chi connectivity index (χ4v) is 3.02. The van der Waals surface area contributed by atoms with Crippen LogP contribution in [0.1, 0.15) is 33.6 Å². The lowest BCUT2D eigenvalue weighted by atomic mass is 10.1. The van der Waals surface area contributed by atoms with Gasteiger partial charge in [0.15, 0.2) is 23.9 Å². The summed E-state index contributed by atoms with van der Waals surface area (Å²) in [5, 5.41) is 0. The molecule has 146 valence electrons. The Balaban J connectivity index is 1.27. The van der Waals surface area contributed by atoms with E-state index in [4.69, 9.17) is 23.7 Å². The fourth-order valence-electron chi connectivity index (χ4n) is 3.02. The lowest BCUT2D eigenvalue weighted by Gasteiger charge is -2.11. The standard InChI is InChI=1S/C21H20O7/c22-18(15-5-8-19-20(10-15)28-13-27-19)12-26-21(23)14-3-6-16(7-4-14)25-11-17-2-1-9-24-17/h3-8,10,17H,1-2,9,11-13H2. The van der Waals surface area contributed by atoms with E-state index in [1.54, 1.807) is 42.5 Å². The molecule has 0 N–H and O–H groups in total. The van der Waals surface area contributed by atoms with Crippen molar-refractivity contribution in [2.24, 2.45) is 0 Å². The monoisotopic (exact) mass is 384 g/mol. The van der Waals surface area contributed by atoms with E-state index in [1.807, 2.05) is 0 Å². The number of Topliss-reactive ketones (excluding diaryl/α,β-unsaturated/α-hetero) is 1. The second-order valence-corrected chi connectivity index (χ2v) is 6.54. The Labute approximate surface area is 162 Å². The predicted molar refractivity (Wildman–Crippen MR) is 98.1 cm³/mol. The second kappa shape index (κ2) is 8.31. The molecule has 0 spiro atoms. The number of hydrogen-bond donors (Lipinski definition) is 0. The number of benzene rings is 2. The largest absolute Gasteiger partial charge is 0.491 e. The molecule has 1 fully saturated rings. The average Bonchev–Trinajstić information content (AvgIpc) is 3.41. The van der Waals surface area contributed by atoms with Gasteiger partial charge in [-0.15, -0.1) is 0 Å². The SMILES string of the molecule is O=C(COC(=O)c1ccc(OCC2CCCO2)cc1)c1ccc2c(c1)OCO2. The number of rotatable bonds is 7. The summed E-state index contributed by atoms with van der Waals surface area (Å²) in [5.41, 5.74) is 0.748. The van der Waals surface area contributed by atoms with Gasteiger partial charge in [0.25, 0.3) is 0 Å². The Morgan fingerprint density at radius 1 is 1.00 bits per heavy atom. The molecule has 1 unspecified atom stereocenters. The average molecular weight is 384 g/mol. The van der Waals surface area contributed by atoms with E-state index in [1.165, 1.54) is 0 Å². The van der Waals surface area contributed by atoms with Gasteiger partial charge in [-0.1, -0.05) is 0 Å². The van der Waals surface area contributed by atoms with E-state index in [0.29, 0.717) is 35.0 Å². The number of carbonyl (C=O) groups excluding carboxylic acids is 2. The molecule has 2 aromatic rings. The van der Waals surface area contributed by atoms with Crippen LogP contribution in [-0.4, -0.2) is 44.5 Å². The number of hydrogen-bond acceptors (Lipinski definition) is 7. The maximum atomic E-state index is 12.2. The smallest absolute Gasteiger partial charge is 0.338 e. The lowest BCUT2D eigenvalue weighted by molar-refractivity contribution is 0.0474. The Hall–Kier alpha value is -3.06. The van der Waals surface area contributed by atoms with Crippen LogP contribution in [0.3, 0.4) is 0 Å². The van der Waals surface area contributed by atoms with Crippen molar-refractivity contribution in [3.05, 3.63) is 53.6 Å². The fraction of sp³-hybridized carbons (Fsp3) is 0.333. The highest BCUT2D eigenvalue weighted by Crippen LogP contribution is 2.32. The third-order valence-corrected chi connectivity index (χ3v) is 4.58. The summed E-state index contributed by atoms with van der Waals surface area (Å²) in [7, 11) is 0. The highest BCUT2D eigenvalue weighted by molar-refractivity contribution is 5.99. The molecule has 0 amide bonds. The van der Waals surface area contributed by atoms with Crippen LogP contribution in [0.2, 0.25) is 0 Å². The van der Waals surface area contributed by atoms with E-state index < -0.39 is 5.97 Å². The summed E-state index contributed by atoms with van der Waals surface area (Å²) in [6.07, 6.45) is 2.19. The third-order valence-electron chi connectivity index (χ3n) is 4.58. The van der Waals surface area contributed by atoms with Crippen LogP contribution >= 0.6 is 0 Å². The van der Waals surface area contributed by atoms with Crippen molar-refractivity contribution in [1.82, 2.24) is 0 Å². The zero-order valence-electron chi connectivity index (χ0n) is 15.2. The summed E-state index contributed by atoms with van der Waals surface area (Å²) < 4.78 is 26.7. The molecule has 0 bridgehead atoms. The highest BCUT2D eigenvalue weighted by Gasteiger charge is 2.18. The normalized spacial score (nSPS) is 17.4. The molecule has 0 aliphatic carbocycles. The zero-order chi connectivity index (χ0) is 19.3. The first-order chi connectivity index (χ1) is 13.7. The number of esters is 1. The Morgan fingerprint density at radius 2 is 1.79 bits per heavy atom. The summed E-state index contributed by atoms with van der Waals surface area (Å²) in [4.78, 5) is 24.4.